The Morgan fingerprint density at radius 2 is 2.05 bits per heavy atom. The van der Waals surface area contributed by atoms with Gasteiger partial charge in [-0.1, -0.05) is 38.3 Å². The number of carbonyl (C=O) groups excluding carboxylic acids is 1. The highest BCUT2D eigenvalue weighted by molar-refractivity contribution is 6.34. The Morgan fingerprint density at radius 1 is 1.35 bits per heavy atom. The first-order chi connectivity index (χ1) is 9.49. The Hall–Kier alpha value is -1.22. The smallest absolute Gasteiger partial charge is 0.254 e. The predicted octanol–water partition coefficient (Wildman–Crippen LogP) is 4.42. The number of unbranched alkanes of at least 4 members (excludes halogenated alkanes) is 1. The van der Waals surface area contributed by atoms with E-state index in [0.29, 0.717) is 16.6 Å². The van der Waals surface area contributed by atoms with E-state index in [1.54, 1.807) is 25.1 Å². The van der Waals surface area contributed by atoms with E-state index in [4.69, 9.17) is 11.6 Å². The van der Waals surface area contributed by atoms with Gasteiger partial charge in [-0.15, -0.1) is 0 Å². The second kappa shape index (κ2) is 8.15. The number of carbonyl (C=O) groups is 1. The van der Waals surface area contributed by atoms with Crippen LogP contribution in [-0.4, -0.2) is 30.9 Å². The molecule has 0 saturated carbocycles. The van der Waals surface area contributed by atoms with E-state index < -0.39 is 0 Å². The molecule has 0 aliphatic rings. The fourth-order valence-corrected chi connectivity index (χ4v) is 2.28. The Labute approximate surface area is 127 Å². The zero-order valence-corrected chi connectivity index (χ0v) is 13.6. The number of hydrogen-bond donors (Lipinski definition) is 1. The third-order valence-corrected chi connectivity index (χ3v) is 3.70. The van der Waals surface area contributed by atoms with Crippen molar-refractivity contribution in [1.82, 2.24) is 4.90 Å². The van der Waals surface area contributed by atoms with Gasteiger partial charge in [0.25, 0.3) is 5.91 Å². The largest absolute Gasteiger partial charge is 0.382 e. The maximum atomic E-state index is 12.1. The van der Waals surface area contributed by atoms with E-state index in [-0.39, 0.29) is 5.91 Å². The quantitative estimate of drug-likeness (QED) is 0.807. The molecule has 1 amide bonds. The molecule has 0 fully saturated rings. The van der Waals surface area contributed by atoms with Gasteiger partial charge in [0.1, 0.15) is 0 Å². The van der Waals surface area contributed by atoms with Crippen LogP contribution in [0.15, 0.2) is 18.2 Å². The lowest BCUT2D eigenvalue weighted by Crippen LogP contribution is -2.23. The van der Waals surface area contributed by atoms with Gasteiger partial charge in [0.15, 0.2) is 0 Å². The van der Waals surface area contributed by atoms with Crippen molar-refractivity contribution in [3.8, 4) is 0 Å². The number of nitrogens with zero attached hydrogens (tertiary/aromatic N) is 1. The molecular weight excluding hydrogens is 272 g/mol. The zero-order valence-electron chi connectivity index (χ0n) is 12.9. The third-order valence-electron chi connectivity index (χ3n) is 3.37. The molecule has 3 nitrogen and oxygen atoms in total. The van der Waals surface area contributed by atoms with Crippen LogP contribution < -0.4 is 5.32 Å². The molecule has 112 valence electrons. The van der Waals surface area contributed by atoms with E-state index in [1.165, 1.54) is 12.8 Å². The zero-order chi connectivity index (χ0) is 15.1. The molecule has 0 spiro atoms. The van der Waals surface area contributed by atoms with Gasteiger partial charge in [-0.05, 0) is 31.0 Å². The highest BCUT2D eigenvalue weighted by atomic mass is 35.5. The normalized spacial score (nSPS) is 12.1. The fourth-order valence-electron chi connectivity index (χ4n) is 2.08. The second-order valence-electron chi connectivity index (χ2n) is 5.29. The van der Waals surface area contributed by atoms with Crippen molar-refractivity contribution in [1.29, 1.82) is 0 Å². The van der Waals surface area contributed by atoms with Crippen LogP contribution in [0.25, 0.3) is 0 Å². The molecule has 1 rings (SSSR count). The van der Waals surface area contributed by atoms with Crippen LogP contribution >= 0.6 is 11.6 Å². The summed E-state index contributed by atoms with van der Waals surface area (Å²) in [5.74, 6) is -0.0692. The summed E-state index contributed by atoms with van der Waals surface area (Å²) < 4.78 is 0. The molecule has 1 aromatic carbocycles. The summed E-state index contributed by atoms with van der Waals surface area (Å²) in [5, 5.41) is 3.99. The molecule has 0 saturated heterocycles. The van der Waals surface area contributed by atoms with E-state index in [9.17, 15) is 4.79 Å². The van der Waals surface area contributed by atoms with Gasteiger partial charge in [-0.25, -0.2) is 0 Å². The van der Waals surface area contributed by atoms with Gasteiger partial charge in [-0.2, -0.15) is 0 Å². The van der Waals surface area contributed by atoms with Crippen LogP contribution in [0.5, 0.6) is 0 Å². The van der Waals surface area contributed by atoms with Crippen molar-refractivity contribution in [2.24, 2.45) is 0 Å². The van der Waals surface area contributed by atoms with Gasteiger partial charge in [0, 0.05) is 25.8 Å². The van der Waals surface area contributed by atoms with Crippen LogP contribution in [0.3, 0.4) is 0 Å². The van der Waals surface area contributed by atoms with Crippen molar-refractivity contribution in [3.05, 3.63) is 28.8 Å². The highest BCUT2D eigenvalue weighted by Gasteiger charge is 2.14. The Balaban J connectivity index is 2.86. The number of hydrogen-bond acceptors (Lipinski definition) is 2. The van der Waals surface area contributed by atoms with Crippen LogP contribution in [0, 0.1) is 0 Å². The maximum Gasteiger partial charge on any atom is 0.254 e. The summed E-state index contributed by atoms with van der Waals surface area (Å²) in [7, 11) is 3.46. The van der Waals surface area contributed by atoms with Gasteiger partial charge < -0.3 is 10.2 Å². The second-order valence-corrected chi connectivity index (χ2v) is 5.69. The first kappa shape index (κ1) is 16.8. The standard InChI is InChI=1S/C16H25ClN2O/c1-5-7-8-12(6-2)18-13-9-10-15(17)14(11-13)16(20)19(3)4/h9-12,18H,5-8H2,1-4H3. The first-order valence-electron chi connectivity index (χ1n) is 7.27. The molecule has 20 heavy (non-hydrogen) atoms. The first-order valence-corrected chi connectivity index (χ1v) is 7.65. The number of rotatable bonds is 7. The van der Waals surface area contributed by atoms with Crippen molar-refractivity contribution in [3.63, 3.8) is 0 Å². The number of halogens is 1. The summed E-state index contributed by atoms with van der Waals surface area (Å²) in [4.78, 5) is 13.6. The van der Waals surface area contributed by atoms with Gasteiger partial charge >= 0.3 is 0 Å². The van der Waals surface area contributed by atoms with E-state index >= 15 is 0 Å². The third kappa shape index (κ3) is 4.71. The molecule has 1 unspecified atom stereocenters. The highest BCUT2D eigenvalue weighted by Crippen LogP contribution is 2.23. The SMILES string of the molecule is CCCCC(CC)Nc1ccc(Cl)c(C(=O)N(C)C)c1. The lowest BCUT2D eigenvalue weighted by Gasteiger charge is -2.19. The van der Waals surface area contributed by atoms with E-state index in [1.807, 2.05) is 12.1 Å². The summed E-state index contributed by atoms with van der Waals surface area (Å²) in [6.07, 6.45) is 4.62. The fraction of sp³-hybridized carbons (Fsp3) is 0.562. The molecule has 4 heteroatoms. The monoisotopic (exact) mass is 296 g/mol. The van der Waals surface area contributed by atoms with E-state index in [0.717, 1.165) is 18.5 Å². The molecule has 0 aromatic heterocycles. The van der Waals surface area contributed by atoms with Crippen molar-refractivity contribution in [2.75, 3.05) is 19.4 Å². The lowest BCUT2D eigenvalue weighted by molar-refractivity contribution is 0.0828. The molecule has 1 N–H and O–H groups in total. The maximum absolute atomic E-state index is 12.1. The van der Waals surface area contributed by atoms with Crippen LogP contribution in [0.4, 0.5) is 5.69 Å². The number of amides is 1. The van der Waals surface area contributed by atoms with Gasteiger partial charge in [0.05, 0.1) is 10.6 Å². The van der Waals surface area contributed by atoms with Crippen molar-refractivity contribution in [2.45, 2.75) is 45.6 Å². The molecule has 0 bridgehead atoms. The molecule has 0 heterocycles. The average Bonchev–Trinajstić information content (AvgIpc) is 2.44. The summed E-state index contributed by atoms with van der Waals surface area (Å²) in [6, 6.07) is 6.01. The van der Waals surface area contributed by atoms with Gasteiger partial charge in [0.2, 0.25) is 0 Å². The summed E-state index contributed by atoms with van der Waals surface area (Å²) in [5.41, 5.74) is 1.51. The summed E-state index contributed by atoms with van der Waals surface area (Å²) in [6.45, 7) is 4.37. The van der Waals surface area contributed by atoms with Crippen molar-refractivity contribution < 1.29 is 4.79 Å². The van der Waals surface area contributed by atoms with Gasteiger partial charge in [-0.3, -0.25) is 4.79 Å². The minimum Gasteiger partial charge on any atom is -0.382 e. The Morgan fingerprint density at radius 3 is 2.60 bits per heavy atom. The molecule has 0 aliphatic carbocycles. The molecule has 0 radical (unpaired) electrons. The van der Waals surface area contributed by atoms with E-state index in [2.05, 4.69) is 19.2 Å². The number of benzene rings is 1. The molecule has 1 atom stereocenters. The van der Waals surface area contributed by atoms with Crippen LogP contribution in [0.2, 0.25) is 5.02 Å². The lowest BCUT2D eigenvalue weighted by atomic mass is 10.1. The number of anilines is 1. The predicted molar refractivity (Wildman–Crippen MR) is 86.7 cm³/mol. The Bertz CT molecular complexity index is 446. The molecule has 0 aliphatic heterocycles. The molecular formula is C16H25ClN2O. The average molecular weight is 297 g/mol. The topological polar surface area (TPSA) is 32.3 Å². The Kier molecular flexibility index (Phi) is 6.86. The summed E-state index contributed by atoms with van der Waals surface area (Å²) >= 11 is 6.11. The van der Waals surface area contributed by atoms with Crippen molar-refractivity contribution >= 4 is 23.2 Å². The molecule has 1 aromatic rings. The van der Waals surface area contributed by atoms with Crippen LogP contribution in [0.1, 0.15) is 49.9 Å². The van der Waals surface area contributed by atoms with Crippen LogP contribution in [-0.2, 0) is 0 Å². The minimum atomic E-state index is -0.0692. The number of nitrogens with one attached hydrogen (secondary N) is 1. The minimum absolute atomic E-state index is 0.0692.